The fourth-order valence-corrected chi connectivity index (χ4v) is 2.60. The van der Waals surface area contributed by atoms with Gasteiger partial charge in [0.25, 0.3) is 0 Å². The van der Waals surface area contributed by atoms with Gasteiger partial charge in [0.2, 0.25) is 0 Å². The predicted octanol–water partition coefficient (Wildman–Crippen LogP) is 3.37. The van der Waals surface area contributed by atoms with E-state index in [0.29, 0.717) is 0 Å². The van der Waals surface area contributed by atoms with Gasteiger partial charge < -0.3 is 10.1 Å². The van der Waals surface area contributed by atoms with Crippen LogP contribution in [0.25, 0.3) is 0 Å². The second kappa shape index (κ2) is 5.05. The number of hydrogen-bond donors (Lipinski definition) is 1. The summed E-state index contributed by atoms with van der Waals surface area (Å²) in [6, 6.07) is 5.88. The number of nitrogens with one attached hydrogen (secondary N) is 1. The van der Waals surface area contributed by atoms with E-state index in [-0.39, 0.29) is 5.54 Å². The topological polar surface area (TPSA) is 21.3 Å². The van der Waals surface area contributed by atoms with Gasteiger partial charge in [0.05, 0.1) is 6.61 Å². The predicted molar refractivity (Wildman–Crippen MR) is 69.8 cm³/mol. The monoisotopic (exact) mass is 303 g/mol. The van der Waals surface area contributed by atoms with Gasteiger partial charge in [-0.3, -0.25) is 0 Å². The van der Waals surface area contributed by atoms with Crippen LogP contribution < -0.4 is 5.32 Å². The maximum atomic E-state index is 5.90. The molecular weight excluding hydrogens is 289 g/mol. The first-order valence-corrected chi connectivity index (χ1v) is 6.53. The van der Waals surface area contributed by atoms with Gasteiger partial charge in [0.1, 0.15) is 0 Å². The van der Waals surface area contributed by atoms with Gasteiger partial charge in [-0.1, -0.05) is 33.6 Å². The van der Waals surface area contributed by atoms with Gasteiger partial charge in [-0.25, -0.2) is 0 Å². The first-order chi connectivity index (χ1) is 7.59. The lowest BCUT2D eigenvalue weighted by Crippen LogP contribution is -2.42. The lowest BCUT2D eigenvalue weighted by atomic mass is 10.0. The molecule has 0 saturated carbocycles. The average molecular weight is 305 g/mol. The van der Waals surface area contributed by atoms with Crippen LogP contribution in [0.3, 0.4) is 0 Å². The number of ether oxygens (including phenoxy) is 1. The summed E-state index contributed by atoms with van der Waals surface area (Å²) in [5, 5.41) is 4.29. The molecule has 0 aliphatic carbocycles. The third kappa shape index (κ3) is 2.98. The third-order valence-electron chi connectivity index (χ3n) is 2.94. The minimum Gasteiger partial charge on any atom is -0.379 e. The summed E-state index contributed by atoms with van der Waals surface area (Å²) in [6.45, 7) is 4.67. The number of halogens is 2. The minimum atomic E-state index is 0.110. The Labute approximate surface area is 109 Å². The van der Waals surface area contributed by atoms with Crippen molar-refractivity contribution in [3.8, 4) is 0 Å². The van der Waals surface area contributed by atoms with E-state index in [9.17, 15) is 0 Å². The van der Waals surface area contributed by atoms with Crippen LogP contribution in [0.4, 0.5) is 0 Å². The molecule has 0 aromatic heterocycles. The van der Waals surface area contributed by atoms with Gasteiger partial charge in [0, 0.05) is 28.2 Å². The maximum absolute atomic E-state index is 5.90. The van der Waals surface area contributed by atoms with Crippen molar-refractivity contribution < 1.29 is 4.74 Å². The van der Waals surface area contributed by atoms with Crippen LogP contribution in [-0.2, 0) is 11.3 Å². The van der Waals surface area contributed by atoms with Crippen molar-refractivity contribution in [2.75, 3.05) is 13.2 Å². The van der Waals surface area contributed by atoms with Crippen molar-refractivity contribution >= 4 is 27.5 Å². The molecule has 2 nitrogen and oxygen atoms in total. The van der Waals surface area contributed by atoms with E-state index in [2.05, 4.69) is 28.2 Å². The Hall–Kier alpha value is -0.0900. The Bertz CT molecular complexity index is 377. The highest BCUT2D eigenvalue weighted by atomic mass is 79.9. The lowest BCUT2D eigenvalue weighted by Gasteiger charge is -2.24. The van der Waals surface area contributed by atoms with E-state index in [4.69, 9.17) is 16.3 Å². The Morgan fingerprint density at radius 3 is 3.00 bits per heavy atom. The minimum absolute atomic E-state index is 0.110. The van der Waals surface area contributed by atoms with Crippen LogP contribution in [0, 0.1) is 0 Å². The lowest BCUT2D eigenvalue weighted by molar-refractivity contribution is 0.171. The molecule has 16 heavy (non-hydrogen) atoms. The van der Waals surface area contributed by atoms with Crippen molar-refractivity contribution in [1.29, 1.82) is 0 Å². The fourth-order valence-electron chi connectivity index (χ4n) is 1.78. The van der Waals surface area contributed by atoms with Crippen molar-refractivity contribution in [3.63, 3.8) is 0 Å². The van der Waals surface area contributed by atoms with E-state index < -0.39 is 0 Å². The quantitative estimate of drug-likeness (QED) is 0.924. The maximum Gasteiger partial charge on any atom is 0.0646 e. The Morgan fingerprint density at radius 2 is 2.38 bits per heavy atom. The molecule has 1 N–H and O–H groups in total. The van der Waals surface area contributed by atoms with Crippen LogP contribution >= 0.6 is 27.5 Å². The molecule has 2 rings (SSSR count). The van der Waals surface area contributed by atoms with E-state index in [1.807, 2.05) is 18.2 Å². The molecule has 1 atom stereocenters. The molecule has 1 aliphatic heterocycles. The second-order valence-electron chi connectivity index (χ2n) is 4.45. The zero-order valence-electron chi connectivity index (χ0n) is 9.22. The molecule has 0 amide bonds. The zero-order valence-corrected chi connectivity index (χ0v) is 11.6. The molecule has 1 unspecified atom stereocenters. The fraction of sp³-hybridized carbons (Fsp3) is 0.500. The zero-order chi connectivity index (χ0) is 11.6. The Kier molecular flexibility index (Phi) is 3.90. The van der Waals surface area contributed by atoms with Gasteiger partial charge in [-0.05, 0) is 31.0 Å². The third-order valence-corrected chi connectivity index (χ3v) is 3.91. The first kappa shape index (κ1) is 12.4. The van der Waals surface area contributed by atoms with Crippen molar-refractivity contribution in [1.82, 2.24) is 5.32 Å². The van der Waals surface area contributed by atoms with Crippen LogP contribution in [0.2, 0.25) is 5.02 Å². The first-order valence-electron chi connectivity index (χ1n) is 5.36. The van der Waals surface area contributed by atoms with Crippen LogP contribution in [0.5, 0.6) is 0 Å². The molecule has 1 heterocycles. The molecule has 1 aromatic carbocycles. The van der Waals surface area contributed by atoms with Gasteiger partial charge in [-0.2, -0.15) is 0 Å². The number of benzene rings is 1. The normalized spacial score (nSPS) is 24.9. The second-order valence-corrected chi connectivity index (χ2v) is 5.74. The summed E-state index contributed by atoms with van der Waals surface area (Å²) in [5.74, 6) is 0. The SMILES string of the molecule is CC1(NCc2ccc(Cl)cc2Br)CCOC1. The van der Waals surface area contributed by atoms with Crippen molar-refractivity contribution in [2.45, 2.75) is 25.4 Å². The average Bonchev–Trinajstić information content (AvgIpc) is 2.64. The van der Waals surface area contributed by atoms with Crippen LogP contribution in [0.1, 0.15) is 18.9 Å². The van der Waals surface area contributed by atoms with Crippen LogP contribution in [0.15, 0.2) is 22.7 Å². The van der Waals surface area contributed by atoms with E-state index >= 15 is 0 Å². The Morgan fingerprint density at radius 1 is 1.56 bits per heavy atom. The largest absolute Gasteiger partial charge is 0.379 e. The van der Waals surface area contributed by atoms with E-state index in [0.717, 1.165) is 35.7 Å². The van der Waals surface area contributed by atoms with E-state index in [1.54, 1.807) is 0 Å². The Balaban J connectivity index is 1.99. The number of hydrogen-bond acceptors (Lipinski definition) is 2. The molecule has 88 valence electrons. The highest BCUT2D eigenvalue weighted by molar-refractivity contribution is 9.10. The van der Waals surface area contributed by atoms with Gasteiger partial charge in [0.15, 0.2) is 0 Å². The van der Waals surface area contributed by atoms with Gasteiger partial charge in [-0.15, -0.1) is 0 Å². The van der Waals surface area contributed by atoms with Crippen molar-refractivity contribution in [2.24, 2.45) is 0 Å². The molecule has 0 bridgehead atoms. The molecule has 1 aliphatic rings. The molecule has 1 aromatic rings. The number of rotatable bonds is 3. The highest BCUT2D eigenvalue weighted by Gasteiger charge is 2.28. The summed E-state index contributed by atoms with van der Waals surface area (Å²) in [5.41, 5.74) is 1.33. The van der Waals surface area contributed by atoms with Crippen molar-refractivity contribution in [3.05, 3.63) is 33.3 Å². The van der Waals surface area contributed by atoms with E-state index in [1.165, 1.54) is 5.56 Å². The molecule has 4 heteroatoms. The summed E-state index contributed by atoms with van der Waals surface area (Å²) in [6.07, 6.45) is 1.07. The summed E-state index contributed by atoms with van der Waals surface area (Å²) < 4.78 is 6.45. The molecule has 0 spiro atoms. The molecule has 0 radical (unpaired) electrons. The smallest absolute Gasteiger partial charge is 0.0646 e. The summed E-state index contributed by atoms with van der Waals surface area (Å²) >= 11 is 9.42. The summed E-state index contributed by atoms with van der Waals surface area (Å²) in [7, 11) is 0. The van der Waals surface area contributed by atoms with Gasteiger partial charge >= 0.3 is 0 Å². The van der Waals surface area contributed by atoms with Crippen LogP contribution in [-0.4, -0.2) is 18.8 Å². The molecular formula is C12H15BrClNO. The molecule has 1 fully saturated rings. The highest BCUT2D eigenvalue weighted by Crippen LogP contribution is 2.23. The molecule has 1 saturated heterocycles. The standard InChI is InChI=1S/C12H15BrClNO/c1-12(4-5-16-8-12)15-7-9-2-3-10(14)6-11(9)13/h2-3,6,15H,4-5,7-8H2,1H3. The summed E-state index contributed by atoms with van der Waals surface area (Å²) in [4.78, 5) is 0.